The summed E-state index contributed by atoms with van der Waals surface area (Å²) in [7, 11) is -1.75. The molecule has 0 heterocycles. The Kier molecular flexibility index (Phi) is 17.8. The number of aliphatic hydroxyl groups is 2. The zero-order chi connectivity index (χ0) is 36.7. The SMILES string of the molecule is CC(C)(C)C(O)CC(O)C(C)(C)C.[Ir].c1ccc([PH+](c2ccccc2)c2ccccc2)cc1.c1ccc([PH+](c2ccccc2)c2ccccc2)cc1. The first kappa shape index (κ1) is 43.2. The maximum Gasteiger partial charge on any atom is 0.102 e. The molecule has 0 fully saturated rings. The van der Waals surface area contributed by atoms with Crippen LogP contribution in [0.15, 0.2) is 182 Å². The topological polar surface area (TPSA) is 40.5 Å². The molecule has 0 aromatic heterocycles. The first-order valence-corrected chi connectivity index (χ1v) is 20.9. The molecule has 5 heteroatoms. The van der Waals surface area contributed by atoms with Crippen molar-refractivity contribution in [1.29, 1.82) is 0 Å². The Balaban J connectivity index is 0.000000213. The molecule has 6 rings (SSSR count). The summed E-state index contributed by atoms with van der Waals surface area (Å²) in [6, 6.07) is 65.0. The van der Waals surface area contributed by atoms with E-state index in [1.807, 2.05) is 41.5 Å². The summed E-state index contributed by atoms with van der Waals surface area (Å²) in [6.45, 7) is 11.9. The first-order chi connectivity index (χ1) is 24.4. The molecule has 2 N–H and O–H groups in total. The molecule has 6 aromatic carbocycles. The Morgan fingerprint density at radius 2 is 0.500 bits per heavy atom. The van der Waals surface area contributed by atoms with Gasteiger partial charge < -0.3 is 10.2 Å². The van der Waals surface area contributed by atoms with Gasteiger partial charge >= 0.3 is 0 Å². The molecule has 0 saturated heterocycles. The van der Waals surface area contributed by atoms with E-state index >= 15 is 0 Å². The Labute approximate surface area is 329 Å². The predicted octanol–water partition coefficient (Wildman–Crippen LogP) is 8.54. The summed E-state index contributed by atoms with van der Waals surface area (Å²) in [6.07, 6.45) is -0.434. The van der Waals surface area contributed by atoms with E-state index in [1.54, 1.807) is 0 Å². The maximum atomic E-state index is 9.76. The van der Waals surface area contributed by atoms with Crippen LogP contribution < -0.4 is 31.8 Å². The van der Waals surface area contributed by atoms with Crippen molar-refractivity contribution in [2.75, 3.05) is 0 Å². The Bertz CT molecular complexity index is 1470. The second-order valence-corrected chi connectivity index (χ2v) is 19.9. The summed E-state index contributed by atoms with van der Waals surface area (Å²) >= 11 is 0. The van der Waals surface area contributed by atoms with Gasteiger partial charge in [0.15, 0.2) is 0 Å². The van der Waals surface area contributed by atoms with E-state index in [2.05, 4.69) is 182 Å². The molecular weight excluding hydrogens is 851 g/mol. The van der Waals surface area contributed by atoms with Gasteiger partial charge in [-0.3, -0.25) is 0 Å². The minimum atomic E-state index is -0.877. The van der Waals surface area contributed by atoms with Gasteiger partial charge in [0.05, 0.1) is 28.1 Å². The number of rotatable bonds is 8. The summed E-state index contributed by atoms with van der Waals surface area (Å²) in [5.41, 5.74) is -0.293. The Morgan fingerprint density at radius 3 is 0.635 bits per heavy atom. The second kappa shape index (κ2) is 21.5. The number of aliphatic hydroxyl groups excluding tert-OH is 2. The van der Waals surface area contributed by atoms with Crippen LogP contribution in [0.2, 0.25) is 0 Å². The molecule has 2 atom stereocenters. The molecule has 2 unspecified atom stereocenters. The second-order valence-electron chi connectivity index (χ2n) is 14.9. The molecule has 52 heavy (non-hydrogen) atoms. The fourth-order valence-electron chi connectivity index (χ4n) is 5.55. The van der Waals surface area contributed by atoms with Crippen LogP contribution in [0.3, 0.4) is 0 Å². The Morgan fingerprint density at radius 1 is 0.346 bits per heavy atom. The molecule has 0 aliphatic carbocycles. The van der Waals surface area contributed by atoms with Crippen molar-refractivity contribution in [3.8, 4) is 0 Å². The van der Waals surface area contributed by atoms with Crippen LogP contribution in [-0.2, 0) is 20.1 Å². The van der Waals surface area contributed by atoms with Crippen LogP contribution in [0.1, 0.15) is 48.0 Å². The number of hydrogen-bond donors (Lipinski definition) is 2. The van der Waals surface area contributed by atoms with Crippen LogP contribution in [0, 0.1) is 10.8 Å². The molecule has 2 nitrogen and oxygen atoms in total. The van der Waals surface area contributed by atoms with Gasteiger partial charge in [-0.15, -0.1) is 0 Å². The maximum absolute atomic E-state index is 9.76. The minimum Gasteiger partial charge on any atom is -0.392 e. The minimum absolute atomic E-state index is 0. The third kappa shape index (κ3) is 13.6. The fourth-order valence-corrected chi connectivity index (χ4v) is 10.7. The molecule has 273 valence electrons. The number of benzene rings is 6. The van der Waals surface area contributed by atoms with Gasteiger partial charge in [0, 0.05) is 26.5 Å². The quantitative estimate of drug-likeness (QED) is 0.151. The van der Waals surface area contributed by atoms with Gasteiger partial charge in [-0.05, 0) is 83.6 Å². The van der Waals surface area contributed by atoms with Crippen LogP contribution in [0.4, 0.5) is 0 Å². The fraction of sp³-hybridized carbons (Fsp3) is 0.234. The average molecular weight is 907 g/mol. The Hall–Kier alpha value is -3.25. The average Bonchev–Trinajstić information content (AvgIpc) is 3.14. The van der Waals surface area contributed by atoms with E-state index in [0.29, 0.717) is 6.42 Å². The summed E-state index contributed by atoms with van der Waals surface area (Å²) < 4.78 is 0. The van der Waals surface area contributed by atoms with Crippen molar-refractivity contribution in [3.05, 3.63) is 182 Å². The molecule has 1 radical (unpaired) electrons. The predicted molar refractivity (Wildman–Crippen MR) is 229 cm³/mol. The van der Waals surface area contributed by atoms with Crippen LogP contribution in [-0.4, -0.2) is 22.4 Å². The van der Waals surface area contributed by atoms with Crippen molar-refractivity contribution in [3.63, 3.8) is 0 Å². The molecular formula is C47H56IrO2P2+2. The van der Waals surface area contributed by atoms with Gasteiger partial charge in [0.2, 0.25) is 0 Å². The standard InChI is InChI=1S/2C18H15P.C11H24O2.Ir/c2*1-4-10-16(11-5-1)19(17-12-6-2-7-13-17)18-14-8-3-9-15-18;1-10(2,3)8(12)7-9(13)11(4,5)6;/h2*1-15H;8-9,12-13H,7H2,1-6H3;/p+2. The van der Waals surface area contributed by atoms with E-state index < -0.39 is 28.1 Å². The van der Waals surface area contributed by atoms with Gasteiger partial charge in [-0.1, -0.05) is 151 Å². The van der Waals surface area contributed by atoms with E-state index in [-0.39, 0.29) is 30.9 Å². The van der Waals surface area contributed by atoms with E-state index in [1.165, 1.54) is 31.8 Å². The molecule has 0 spiro atoms. The summed E-state index contributed by atoms with van der Waals surface area (Å²) in [4.78, 5) is 0. The van der Waals surface area contributed by atoms with Crippen molar-refractivity contribution < 1.29 is 30.3 Å². The summed E-state index contributed by atoms with van der Waals surface area (Å²) in [5, 5.41) is 28.1. The largest absolute Gasteiger partial charge is 0.392 e. The van der Waals surface area contributed by atoms with Crippen LogP contribution in [0.5, 0.6) is 0 Å². The number of hydrogen-bond acceptors (Lipinski definition) is 2. The summed E-state index contributed by atoms with van der Waals surface area (Å²) in [5.74, 6) is 0. The molecule has 6 aromatic rings. The molecule has 0 aliphatic heterocycles. The van der Waals surface area contributed by atoms with Crippen LogP contribution in [0.25, 0.3) is 0 Å². The molecule has 0 bridgehead atoms. The van der Waals surface area contributed by atoms with E-state index in [4.69, 9.17) is 0 Å². The van der Waals surface area contributed by atoms with Gasteiger partial charge in [0.1, 0.15) is 31.8 Å². The van der Waals surface area contributed by atoms with Gasteiger partial charge in [-0.2, -0.15) is 0 Å². The van der Waals surface area contributed by atoms with E-state index in [9.17, 15) is 10.2 Å². The third-order valence-electron chi connectivity index (χ3n) is 8.82. The zero-order valence-corrected chi connectivity index (χ0v) is 35.8. The molecule has 0 aliphatic rings. The normalized spacial score (nSPS) is 12.3. The zero-order valence-electron chi connectivity index (χ0n) is 31.4. The van der Waals surface area contributed by atoms with Crippen molar-refractivity contribution in [1.82, 2.24) is 0 Å². The van der Waals surface area contributed by atoms with Crippen molar-refractivity contribution in [2.45, 2.75) is 60.2 Å². The molecule has 0 saturated carbocycles. The third-order valence-corrected chi connectivity index (χ3v) is 14.3. The molecule has 0 amide bonds. The van der Waals surface area contributed by atoms with Gasteiger partial charge in [0.25, 0.3) is 0 Å². The van der Waals surface area contributed by atoms with E-state index in [0.717, 1.165) is 0 Å². The van der Waals surface area contributed by atoms with Crippen molar-refractivity contribution >= 4 is 47.7 Å². The smallest absolute Gasteiger partial charge is 0.102 e. The first-order valence-electron chi connectivity index (χ1n) is 17.9. The van der Waals surface area contributed by atoms with Crippen molar-refractivity contribution in [2.24, 2.45) is 10.8 Å². The van der Waals surface area contributed by atoms with Crippen LogP contribution >= 0.6 is 15.8 Å². The van der Waals surface area contributed by atoms with Gasteiger partial charge in [-0.25, -0.2) is 0 Å². The monoisotopic (exact) mass is 907 g/mol.